The summed E-state index contributed by atoms with van der Waals surface area (Å²) >= 11 is 7.53. The van der Waals surface area contributed by atoms with Crippen LogP contribution in [0.2, 0.25) is 5.15 Å². The Morgan fingerprint density at radius 1 is 1.32 bits per heavy atom. The highest BCUT2D eigenvalue weighted by Crippen LogP contribution is 2.22. The zero-order chi connectivity index (χ0) is 15.5. The van der Waals surface area contributed by atoms with E-state index in [-0.39, 0.29) is 11.8 Å². The van der Waals surface area contributed by atoms with Gasteiger partial charge in [-0.3, -0.25) is 4.79 Å². The number of carbonyl (C=O) groups is 1. The van der Waals surface area contributed by atoms with Gasteiger partial charge in [-0.2, -0.15) is 11.3 Å². The number of nitrogens with zero attached hydrogens (tertiary/aromatic N) is 4. The summed E-state index contributed by atoms with van der Waals surface area (Å²) in [6.07, 6.45) is 1.47. The van der Waals surface area contributed by atoms with E-state index in [0.29, 0.717) is 18.2 Å². The van der Waals surface area contributed by atoms with Crippen molar-refractivity contribution < 1.29 is 4.79 Å². The van der Waals surface area contributed by atoms with Crippen LogP contribution in [0.3, 0.4) is 0 Å². The fraction of sp³-hybridized carbons (Fsp3) is 0.400. The second kappa shape index (κ2) is 6.62. The number of rotatable bonds is 3. The quantitative estimate of drug-likeness (QED) is 0.808. The van der Waals surface area contributed by atoms with Crippen LogP contribution >= 0.6 is 22.9 Å². The smallest absolute Gasteiger partial charge is 0.229 e. The van der Waals surface area contributed by atoms with Gasteiger partial charge in [0.2, 0.25) is 5.91 Å². The van der Waals surface area contributed by atoms with Crippen LogP contribution in [0.25, 0.3) is 0 Å². The van der Waals surface area contributed by atoms with Gasteiger partial charge < -0.3 is 9.80 Å². The molecule has 0 bridgehead atoms. The summed E-state index contributed by atoms with van der Waals surface area (Å²) < 4.78 is 0. The zero-order valence-electron chi connectivity index (χ0n) is 12.3. The Hall–Kier alpha value is -1.66. The van der Waals surface area contributed by atoms with E-state index in [1.54, 1.807) is 17.4 Å². The summed E-state index contributed by atoms with van der Waals surface area (Å²) in [6, 6.07) is 3.78. The third kappa shape index (κ3) is 3.23. The average Bonchev–Trinajstić information content (AvgIpc) is 3.08. The number of piperazine rings is 1. The summed E-state index contributed by atoms with van der Waals surface area (Å²) in [5.74, 6) is 0.933. The minimum absolute atomic E-state index is 0.0775. The van der Waals surface area contributed by atoms with Crippen LogP contribution in [0, 0.1) is 0 Å². The molecule has 5 nitrogen and oxygen atoms in total. The number of aromatic nitrogens is 2. The molecule has 1 saturated heterocycles. The fourth-order valence-electron chi connectivity index (χ4n) is 2.59. The molecule has 0 radical (unpaired) electrons. The molecule has 1 aliphatic rings. The van der Waals surface area contributed by atoms with Gasteiger partial charge in [-0.25, -0.2) is 9.97 Å². The normalized spacial score (nSPS) is 16.6. The van der Waals surface area contributed by atoms with E-state index in [1.807, 2.05) is 28.7 Å². The largest absolute Gasteiger partial charge is 0.353 e. The molecule has 3 heterocycles. The first-order chi connectivity index (χ1) is 10.6. The average molecular weight is 337 g/mol. The highest BCUT2D eigenvalue weighted by atomic mass is 35.5. The Kier molecular flexibility index (Phi) is 4.59. The Morgan fingerprint density at radius 3 is 2.73 bits per heavy atom. The third-order valence-corrected chi connectivity index (χ3v) is 4.86. The van der Waals surface area contributed by atoms with Crippen LogP contribution in [0.1, 0.15) is 18.4 Å². The van der Waals surface area contributed by atoms with Gasteiger partial charge in [0.05, 0.1) is 5.92 Å². The van der Waals surface area contributed by atoms with Gasteiger partial charge in [0.25, 0.3) is 0 Å². The number of hydrogen-bond donors (Lipinski definition) is 0. The Morgan fingerprint density at radius 2 is 2.09 bits per heavy atom. The standard InChI is InChI=1S/C15H17ClN4OS/c1-11(12-2-7-22-9-12)15(21)20-5-3-19(4-6-20)14-8-13(16)17-10-18-14/h2,7-11H,3-6H2,1H3/t11-/m1/s1. The molecule has 22 heavy (non-hydrogen) atoms. The van der Waals surface area contributed by atoms with Crippen molar-refractivity contribution in [3.8, 4) is 0 Å². The molecule has 1 fully saturated rings. The second-order valence-electron chi connectivity index (χ2n) is 5.29. The molecule has 3 rings (SSSR count). The SMILES string of the molecule is C[C@@H](C(=O)N1CCN(c2cc(Cl)ncn2)CC1)c1ccsc1. The van der Waals surface area contributed by atoms with Crippen molar-refractivity contribution >= 4 is 34.7 Å². The van der Waals surface area contributed by atoms with E-state index < -0.39 is 0 Å². The molecule has 1 atom stereocenters. The lowest BCUT2D eigenvalue weighted by Gasteiger charge is -2.36. The lowest BCUT2D eigenvalue weighted by molar-refractivity contribution is -0.132. The minimum atomic E-state index is -0.0775. The fourth-order valence-corrected chi connectivity index (χ4v) is 3.49. The van der Waals surface area contributed by atoms with Gasteiger partial charge in [-0.05, 0) is 29.3 Å². The van der Waals surface area contributed by atoms with Crippen LogP contribution in [-0.2, 0) is 4.79 Å². The summed E-state index contributed by atoms with van der Waals surface area (Å²) in [7, 11) is 0. The van der Waals surface area contributed by atoms with Crippen LogP contribution in [0.4, 0.5) is 5.82 Å². The molecule has 2 aromatic heterocycles. The molecule has 2 aromatic rings. The van der Waals surface area contributed by atoms with Crippen molar-refractivity contribution in [2.75, 3.05) is 31.1 Å². The van der Waals surface area contributed by atoms with Crippen LogP contribution < -0.4 is 4.90 Å². The van der Waals surface area contributed by atoms with Gasteiger partial charge in [0, 0.05) is 32.2 Å². The Bertz CT molecular complexity index is 641. The molecular weight excluding hydrogens is 320 g/mol. The van der Waals surface area contributed by atoms with Crippen LogP contribution in [-0.4, -0.2) is 47.0 Å². The molecule has 1 amide bonds. The van der Waals surface area contributed by atoms with E-state index in [1.165, 1.54) is 6.33 Å². The molecule has 1 aliphatic heterocycles. The van der Waals surface area contributed by atoms with Gasteiger partial charge in [0.1, 0.15) is 17.3 Å². The predicted molar refractivity (Wildman–Crippen MR) is 88.6 cm³/mol. The molecule has 0 N–H and O–H groups in total. The van der Waals surface area contributed by atoms with E-state index in [4.69, 9.17) is 11.6 Å². The van der Waals surface area contributed by atoms with E-state index >= 15 is 0 Å². The number of anilines is 1. The van der Waals surface area contributed by atoms with Crippen molar-refractivity contribution in [1.82, 2.24) is 14.9 Å². The maximum atomic E-state index is 12.6. The van der Waals surface area contributed by atoms with Crippen molar-refractivity contribution in [3.05, 3.63) is 39.9 Å². The van der Waals surface area contributed by atoms with Crippen LogP contribution in [0.5, 0.6) is 0 Å². The lowest BCUT2D eigenvalue weighted by atomic mass is 10.0. The maximum absolute atomic E-state index is 12.6. The van der Waals surface area contributed by atoms with Gasteiger partial charge in [-0.15, -0.1) is 0 Å². The molecule has 7 heteroatoms. The van der Waals surface area contributed by atoms with Gasteiger partial charge >= 0.3 is 0 Å². The van der Waals surface area contributed by atoms with E-state index in [0.717, 1.165) is 24.5 Å². The topological polar surface area (TPSA) is 49.3 Å². The molecule has 0 aliphatic carbocycles. The number of carbonyl (C=O) groups excluding carboxylic acids is 1. The van der Waals surface area contributed by atoms with Crippen molar-refractivity contribution in [1.29, 1.82) is 0 Å². The molecule has 0 unspecified atom stereocenters. The van der Waals surface area contributed by atoms with Gasteiger partial charge in [-0.1, -0.05) is 11.6 Å². The van der Waals surface area contributed by atoms with E-state index in [2.05, 4.69) is 14.9 Å². The monoisotopic (exact) mass is 336 g/mol. The minimum Gasteiger partial charge on any atom is -0.353 e. The summed E-state index contributed by atoms with van der Waals surface area (Å²) in [6.45, 7) is 4.90. The molecule has 0 spiro atoms. The van der Waals surface area contributed by atoms with Gasteiger partial charge in [0.15, 0.2) is 0 Å². The molecule has 0 aromatic carbocycles. The number of thiophene rings is 1. The first-order valence-electron chi connectivity index (χ1n) is 7.18. The predicted octanol–water partition coefficient (Wildman–Crippen LogP) is 2.64. The number of amides is 1. The Balaban J connectivity index is 1.61. The molecule has 116 valence electrons. The lowest BCUT2D eigenvalue weighted by Crippen LogP contribution is -2.50. The zero-order valence-corrected chi connectivity index (χ0v) is 13.8. The van der Waals surface area contributed by atoms with Crippen LogP contribution in [0.15, 0.2) is 29.2 Å². The molecular formula is C15H17ClN4OS. The first kappa shape index (κ1) is 15.2. The van der Waals surface area contributed by atoms with Crippen molar-refractivity contribution in [2.24, 2.45) is 0 Å². The number of halogens is 1. The third-order valence-electron chi connectivity index (χ3n) is 3.95. The summed E-state index contributed by atoms with van der Waals surface area (Å²) in [5, 5.41) is 4.49. The Labute approximate surface area is 138 Å². The maximum Gasteiger partial charge on any atom is 0.229 e. The summed E-state index contributed by atoms with van der Waals surface area (Å²) in [5.41, 5.74) is 1.10. The number of hydrogen-bond acceptors (Lipinski definition) is 5. The second-order valence-corrected chi connectivity index (χ2v) is 6.46. The first-order valence-corrected chi connectivity index (χ1v) is 8.50. The highest BCUT2D eigenvalue weighted by molar-refractivity contribution is 7.08. The van der Waals surface area contributed by atoms with Crippen molar-refractivity contribution in [2.45, 2.75) is 12.8 Å². The molecule has 0 saturated carbocycles. The highest BCUT2D eigenvalue weighted by Gasteiger charge is 2.26. The summed E-state index contributed by atoms with van der Waals surface area (Å²) in [4.78, 5) is 24.8. The van der Waals surface area contributed by atoms with Crippen molar-refractivity contribution in [3.63, 3.8) is 0 Å². The van der Waals surface area contributed by atoms with E-state index in [9.17, 15) is 4.79 Å².